The van der Waals surface area contributed by atoms with Crippen LogP contribution in [0.25, 0.3) is 0 Å². The summed E-state index contributed by atoms with van der Waals surface area (Å²) >= 11 is 0. The van der Waals surface area contributed by atoms with Crippen LogP contribution >= 0.6 is 0 Å². The van der Waals surface area contributed by atoms with Gasteiger partial charge in [0, 0.05) is 31.9 Å². The van der Waals surface area contributed by atoms with Gasteiger partial charge in [0.15, 0.2) is 0 Å². The van der Waals surface area contributed by atoms with E-state index in [0.717, 1.165) is 74.4 Å². The Morgan fingerprint density at radius 3 is 2.75 bits per heavy atom. The van der Waals surface area contributed by atoms with Crippen molar-refractivity contribution in [2.75, 3.05) is 37.0 Å². The van der Waals surface area contributed by atoms with E-state index in [1.165, 1.54) is 0 Å². The topological polar surface area (TPSA) is 84.8 Å². The van der Waals surface area contributed by atoms with E-state index in [9.17, 15) is 4.79 Å². The molecule has 32 heavy (non-hydrogen) atoms. The highest BCUT2D eigenvalue weighted by atomic mass is 16.5. The van der Waals surface area contributed by atoms with Gasteiger partial charge >= 0.3 is 6.03 Å². The number of aromatic nitrogens is 3. The molecule has 2 unspecified atom stereocenters. The second-order valence-electron chi connectivity index (χ2n) is 8.95. The van der Waals surface area contributed by atoms with E-state index in [1.54, 1.807) is 13.3 Å². The number of rotatable bonds is 4. The number of anilines is 2. The summed E-state index contributed by atoms with van der Waals surface area (Å²) in [7, 11) is 1.66. The van der Waals surface area contributed by atoms with Crippen molar-refractivity contribution in [1.29, 1.82) is 0 Å². The summed E-state index contributed by atoms with van der Waals surface area (Å²) in [6, 6.07) is 2.06. The molecule has 2 aromatic rings. The fraction of sp³-hybridized carbons (Fsp3) is 0.609. The molecule has 0 bridgehead atoms. The fourth-order valence-electron chi connectivity index (χ4n) is 5.29. The average Bonchev–Trinajstić information content (AvgIpc) is 3.24. The molecule has 5 heterocycles. The second kappa shape index (κ2) is 8.61. The van der Waals surface area contributed by atoms with Crippen LogP contribution < -0.4 is 15.0 Å². The minimum Gasteiger partial charge on any atom is -0.480 e. The second-order valence-corrected chi connectivity index (χ2v) is 8.95. The monoisotopic (exact) mass is 440 g/mol. The Kier molecular flexibility index (Phi) is 5.67. The summed E-state index contributed by atoms with van der Waals surface area (Å²) in [5, 5.41) is 7.90. The maximum atomic E-state index is 13.1. The van der Waals surface area contributed by atoms with Gasteiger partial charge in [-0.2, -0.15) is 5.10 Å². The number of aryl methyl sites for hydroxylation is 1. The number of urea groups is 1. The van der Waals surface area contributed by atoms with E-state index >= 15 is 0 Å². The van der Waals surface area contributed by atoms with E-state index in [1.807, 2.05) is 21.8 Å². The molecule has 2 amide bonds. The van der Waals surface area contributed by atoms with Gasteiger partial charge in [-0.1, -0.05) is 0 Å². The molecule has 0 aromatic carbocycles. The van der Waals surface area contributed by atoms with Crippen LogP contribution in [0, 0.1) is 6.92 Å². The molecular weight excluding hydrogens is 408 g/mol. The number of pyridine rings is 1. The Morgan fingerprint density at radius 1 is 1.22 bits per heavy atom. The SMILES string of the molecule is COc1nccc(C)c1N1CCC(N2C(=O)Nc3cn(C4CCCCO4)nc3C2C)CC1. The Balaban J connectivity index is 1.30. The minimum absolute atomic E-state index is 0.0344. The van der Waals surface area contributed by atoms with Crippen LogP contribution in [-0.2, 0) is 4.74 Å². The number of carbonyl (C=O) groups is 1. The van der Waals surface area contributed by atoms with Crippen molar-refractivity contribution in [3.8, 4) is 5.88 Å². The Morgan fingerprint density at radius 2 is 2.03 bits per heavy atom. The normalized spacial score (nSPS) is 24.3. The Bertz CT molecular complexity index is 978. The molecule has 2 fully saturated rings. The van der Waals surface area contributed by atoms with Crippen LogP contribution in [0.2, 0.25) is 0 Å². The molecule has 2 aromatic heterocycles. The van der Waals surface area contributed by atoms with Crippen molar-refractivity contribution >= 4 is 17.4 Å². The van der Waals surface area contributed by atoms with Crippen LogP contribution in [0.3, 0.4) is 0 Å². The molecule has 5 rings (SSSR count). The van der Waals surface area contributed by atoms with E-state index < -0.39 is 0 Å². The average molecular weight is 441 g/mol. The molecule has 9 heteroatoms. The molecule has 0 saturated carbocycles. The highest BCUT2D eigenvalue weighted by Crippen LogP contribution is 2.38. The number of carbonyl (C=O) groups excluding carboxylic acids is 1. The molecular formula is C23H32N6O3. The summed E-state index contributed by atoms with van der Waals surface area (Å²) in [6.45, 7) is 6.63. The van der Waals surface area contributed by atoms with Gasteiger partial charge in [-0.05, 0) is 57.6 Å². The molecule has 3 aliphatic heterocycles. The summed E-state index contributed by atoms with van der Waals surface area (Å²) in [6.07, 6.45) is 8.64. The van der Waals surface area contributed by atoms with E-state index in [2.05, 4.69) is 29.0 Å². The van der Waals surface area contributed by atoms with Crippen LogP contribution in [0.5, 0.6) is 5.88 Å². The molecule has 2 saturated heterocycles. The zero-order valence-corrected chi connectivity index (χ0v) is 19.1. The quantitative estimate of drug-likeness (QED) is 0.777. The van der Waals surface area contributed by atoms with Gasteiger partial charge in [-0.3, -0.25) is 0 Å². The summed E-state index contributed by atoms with van der Waals surface area (Å²) in [5.74, 6) is 0.660. The van der Waals surface area contributed by atoms with Crippen molar-refractivity contribution in [2.45, 2.75) is 64.3 Å². The molecule has 3 aliphatic rings. The third-order valence-electron chi connectivity index (χ3n) is 6.96. The predicted molar refractivity (Wildman–Crippen MR) is 121 cm³/mol. The standard InChI is InChI=1S/C23H32N6O3/c1-15-7-10-24-22(31-3)21(15)27-11-8-17(9-12-27)29-16(2)20-18(25-23(29)30)14-28(26-20)19-6-4-5-13-32-19/h7,10,14,16-17,19H,4-6,8-9,11-13H2,1-3H3,(H,25,30). The third-order valence-corrected chi connectivity index (χ3v) is 6.96. The number of piperidine rings is 1. The maximum absolute atomic E-state index is 13.1. The summed E-state index contributed by atoms with van der Waals surface area (Å²) in [5.41, 5.74) is 3.93. The number of amides is 2. The predicted octanol–water partition coefficient (Wildman–Crippen LogP) is 3.87. The number of nitrogens with one attached hydrogen (secondary N) is 1. The first-order chi connectivity index (χ1) is 15.6. The van der Waals surface area contributed by atoms with Crippen LogP contribution in [0.4, 0.5) is 16.2 Å². The highest BCUT2D eigenvalue weighted by molar-refractivity contribution is 5.92. The molecule has 9 nitrogen and oxygen atoms in total. The van der Waals surface area contributed by atoms with Gasteiger partial charge in [0.05, 0.1) is 25.0 Å². The maximum Gasteiger partial charge on any atom is 0.322 e. The largest absolute Gasteiger partial charge is 0.480 e. The van der Waals surface area contributed by atoms with Crippen LogP contribution in [0.1, 0.15) is 62.6 Å². The van der Waals surface area contributed by atoms with Gasteiger partial charge in [0.1, 0.15) is 17.6 Å². The van der Waals surface area contributed by atoms with Crippen molar-refractivity contribution in [3.63, 3.8) is 0 Å². The number of nitrogens with zero attached hydrogens (tertiary/aromatic N) is 5. The lowest BCUT2D eigenvalue weighted by Gasteiger charge is -2.43. The zero-order valence-electron chi connectivity index (χ0n) is 19.1. The number of hydrogen-bond donors (Lipinski definition) is 1. The van der Waals surface area contributed by atoms with E-state index in [-0.39, 0.29) is 24.3 Å². The number of methoxy groups -OCH3 is 1. The van der Waals surface area contributed by atoms with Crippen LogP contribution in [0.15, 0.2) is 18.5 Å². The smallest absolute Gasteiger partial charge is 0.322 e. The first kappa shape index (κ1) is 21.1. The highest BCUT2D eigenvalue weighted by Gasteiger charge is 2.39. The van der Waals surface area contributed by atoms with Gasteiger partial charge in [0.2, 0.25) is 5.88 Å². The Hall–Kier alpha value is -2.81. The first-order valence-corrected chi connectivity index (χ1v) is 11.6. The third kappa shape index (κ3) is 3.68. The fourth-order valence-corrected chi connectivity index (χ4v) is 5.29. The molecule has 0 radical (unpaired) electrons. The van der Waals surface area contributed by atoms with Crippen LogP contribution in [-0.4, -0.2) is 58.5 Å². The van der Waals surface area contributed by atoms with Gasteiger partial charge in [0.25, 0.3) is 0 Å². The number of ether oxygens (including phenoxy) is 2. The molecule has 0 spiro atoms. The molecule has 0 aliphatic carbocycles. The van der Waals surface area contributed by atoms with Crippen molar-refractivity contribution in [1.82, 2.24) is 19.7 Å². The van der Waals surface area contributed by atoms with Gasteiger partial charge in [-0.25, -0.2) is 14.5 Å². The lowest BCUT2D eigenvalue weighted by atomic mass is 9.98. The minimum atomic E-state index is -0.0743. The lowest BCUT2D eigenvalue weighted by molar-refractivity contribution is -0.0398. The Labute approximate surface area is 188 Å². The molecule has 2 atom stereocenters. The lowest BCUT2D eigenvalue weighted by Crippen LogP contribution is -2.51. The summed E-state index contributed by atoms with van der Waals surface area (Å²) in [4.78, 5) is 21.7. The van der Waals surface area contributed by atoms with E-state index in [4.69, 9.17) is 14.6 Å². The molecule has 1 N–H and O–H groups in total. The first-order valence-electron chi connectivity index (χ1n) is 11.6. The molecule has 172 valence electrons. The van der Waals surface area contributed by atoms with Crippen molar-refractivity contribution in [2.24, 2.45) is 0 Å². The zero-order chi connectivity index (χ0) is 22.2. The van der Waals surface area contributed by atoms with Gasteiger partial charge in [-0.15, -0.1) is 0 Å². The van der Waals surface area contributed by atoms with Crippen molar-refractivity contribution < 1.29 is 14.3 Å². The number of hydrogen-bond acceptors (Lipinski definition) is 6. The van der Waals surface area contributed by atoms with E-state index in [0.29, 0.717) is 5.88 Å². The van der Waals surface area contributed by atoms with Crippen molar-refractivity contribution in [3.05, 3.63) is 29.7 Å². The van der Waals surface area contributed by atoms with Gasteiger partial charge < -0.3 is 24.6 Å². The number of fused-ring (bicyclic) bond motifs is 1. The summed E-state index contributed by atoms with van der Waals surface area (Å²) < 4.78 is 13.3.